The van der Waals surface area contributed by atoms with Crippen LogP contribution in [0.15, 0.2) is 35.3 Å². The number of hydrogen-bond acceptors (Lipinski definition) is 7. The third kappa shape index (κ3) is 5.52. The van der Waals surface area contributed by atoms with Crippen LogP contribution >= 0.6 is 22.6 Å². The number of rotatable bonds is 9. The van der Waals surface area contributed by atoms with Crippen LogP contribution in [0.3, 0.4) is 0 Å². The summed E-state index contributed by atoms with van der Waals surface area (Å²) in [6.07, 6.45) is 1.71. The summed E-state index contributed by atoms with van der Waals surface area (Å²) in [5.74, 6) is 0.139. The highest BCUT2D eigenvalue weighted by molar-refractivity contribution is 14.1. The molecule has 1 N–H and O–H groups in total. The number of anilines is 1. The van der Waals surface area contributed by atoms with E-state index in [1.807, 2.05) is 34.7 Å². The summed E-state index contributed by atoms with van der Waals surface area (Å²) in [6.45, 7) is 4.20. The number of ether oxygens (including phenoxy) is 3. The second-order valence-electron chi connectivity index (χ2n) is 8.99. The fourth-order valence-corrected chi connectivity index (χ4v) is 5.38. The molecule has 1 aliphatic heterocycles. The number of aliphatic hydroxyl groups excluding tert-OH is 1. The molecule has 3 aromatic rings. The third-order valence-corrected chi connectivity index (χ3v) is 7.68. The second-order valence-corrected chi connectivity index (χ2v) is 10.1. The smallest absolute Gasteiger partial charge is 0.199 e. The predicted molar refractivity (Wildman–Crippen MR) is 148 cm³/mol. The molecule has 198 valence electrons. The Balaban J connectivity index is 1.87. The minimum absolute atomic E-state index is 0.0413. The van der Waals surface area contributed by atoms with Gasteiger partial charge in [-0.3, -0.25) is 9.59 Å². The summed E-state index contributed by atoms with van der Waals surface area (Å²) >= 11 is 1.99. The molecular weight excluding hydrogens is 594 g/mol. The molecule has 10 heteroatoms. The van der Waals surface area contributed by atoms with Crippen LogP contribution in [0.1, 0.15) is 34.5 Å². The fourth-order valence-electron chi connectivity index (χ4n) is 4.72. The van der Waals surface area contributed by atoms with E-state index in [2.05, 4.69) is 4.90 Å². The molecule has 2 atom stereocenters. The first-order valence-electron chi connectivity index (χ1n) is 12.0. The van der Waals surface area contributed by atoms with Crippen LogP contribution in [0.2, 0.25) is 0 Å². The van der Waals surface area contributed by atoms with Crippen molar-refractivity contribution >= 4 is 45.5 Å². The lowest BCUT2D eigenvalue weighted by Gasteiger charge is -2.29. The van der Waals surface area contributed by atoms with Crippen LogP contribution in [-0.4, -0.2) is 69.2 Å². The Kier molecular flexibility index (Phi) is 8.83. The van der Waals surface area contributed by atoms with Crippen molar-refractivity contribution < 1.29 is 28.5 Å². The normalized spacial score (nSPS) is 15.6. The molecular formula is C27H30FIN2O6. The summed E-state index contributed by atoms with van der Waals surface area (Å²) in [4.78, 5) is 27.1. The molecule has 8 nitrogen and oxygen atoms in total. The van der Waals surface area contributed by atoms with Gasteiger partial charge in [-0.15, -0.1) is 0 Å². The van der Waals surface area contributed by atoms with Crippen LogP contribution in [0, 0.1) is 9.39 Å². The first-order chi connectivity index (χ1) is 17.8. The summed E-state index contributed by atoms with van der Waals surface area (Å²) in [5.41, 5.74) is 1.99. The number of carbonyl (C=O) groups excluding carboxylic acids is 1. The molecule has 4 rings (SSSR count). The van der Waals surface area contributed by atoms with Gasteiger partial charge in [-0.1, -0.05) is 0 Å². The van der Waals surface area contributed by atoms with E-state index < -0.39 is 17.6 Å². The van der Waals surface area contributed by atoms with Gasteiger partial charge < -0.3 is 28.8 Å². The van der Waals surface area contributed by atoms with Crippen LogP contribution in [0.25, 0.3) is 10.9 Å². The highest BCUT2D eigenvalue weighted by Crippen LogP contribution is 2.32. The number of benzene rings is 2. The van der Waals surface area contributed by atoms with Gasteiger partial charge in [-0.25, -0.2) is 4.39 Å². The van der Waals surface area contributed by atoms with E-state index in [-0.39, 0.29) is 29.8 Å². The van der Waals surface area contributed by atoms with E-state index in [9.17, 15) is 14.7 Å². The van der Waals surface area contributed by atoms with Gasteiger partial charge in [0.25, 0.3) is 0 Å². The SMILES string of the molecule is COc1cc2c(cc1Cc1cc(N3CCOCC3)cc(I)c1F)c(=O)c(C=O)cn2[C@H](CO)[C@@H](C)OC. The third-order valence-electron chi connectivity index (χ3n) is 6.89. The van der Waals surface area contributed by atoms with Crippen LogP contribution in [0.5, 0.6) is 5.75 Å². The van der Waals surface area contributed by atoms with Crippen molar-refractivity contribution in [1.82, 2.24) is 4.57 Å². The monoisotopic (exact) mass is 624 g/mol. The second kappa shape index (κ2) is 11.9. The number of morpholine rings is 1. The van der Waals surface area contributed by atoms with E-state index in [1.165, 1.54) is 20.4 Å². The molecule has 2 heterocycles. The largest absolute Gasteiger partial charge is 0.496 e. The van der Waals surface area contributed by atoms with Crippen molar-refractivity contribution in [1.29, 1.82) is 0 Å². The van der Waals surface area contributed by atoms with E-state index in [4.69, 9.17) is 14.2 Å². The lowest BCUT2D eigenvalue weighted by Crippen LogP contribution is -2.36. The summed E-state index contributed by atoms with van der Waals surface area (Å²) < 4.78 is 34.0. The Hall–Kier alpha value is -2.54. The molecule has 1 aromatic heterocycles. The number of hydrogen-bond donors (Lipinski definition) is 1. The maximum atomic E-state index is 15.3. The lowest BCUT2D eigenvalue weighted by molar-refractivity contribution is 0.0460. The number of halogens is 2. The van der Waals surface area contributed by atoms with Crippen molar-refractivity contribution in [3.05, 3.63) is 66.8 Å². The molecule has 37 heavy (non-hydrogen) atoms. The summed E-state index contributed by atoms with van der Waals surface area (Å²) in [7, 11) is 3.04. The topological polar surface area (TPSA) is 90.2 Å². The first kappa shape index (κ1) is 27.5. The van der Waals surface area contributed by atoms with Gasteiger partial charge in [-0.2, -0.15) is 0 Å². The highest BCUT2D eigenvalue weighted by atomic mass is 127. The Morgan fingerprint density at radius 2 is 1.92 bits per heavy atom. The number of carbonyl (C=O) groups is 1. The van der Waals surface area contributed by atoms with Gasteiger partial charge in [0.05, 0.1) is 53.7 Å². The molecule has 1 aliphatic rings. The van der Waals surface area contributed by atoms with Gasteiger partial charge in [0.1, 0.15) is 11.6 Å². The zero-order valence-electron chi connectivity index (χ0n) is 21.0. The molecule has 0 spiro atoms. The Morgan fingerprint density at radius 3 is 2.54 bits per heavy atom. The van der Waals surface area contributed by atoms with Crippen LogP contribution in [0.4, 0.5) is 10.1 Å². The average Bonchev–Trinajstić information content (AvgIpc) is 2.92. The maximum Gasteiger partial charge on any atom is 0.199 e. The maximum absolute atomic E-state index is 15.3. The molecule has 0 saturated carbocycles. The highest BCUT2D eigenvalue weighted by Gasteiger charge is 2.23. The first-order valence-corrected chi connectivity index (χ1v) is 13.1. The molecule has 1 fully saturated rings. The Morgan fingerprint density at radius 1 is 1.19 bits per heavy atom. The molecule has 0 aliphatic carbocycles. The van der Waals surface area contributed by atoms with E-state index in [1.54, 1.807) is 23.6 Å². The average molecular weight is 624 g/mol. The molecule has 1 saturated heterocycles. The minimum atomic E-state index is -0.549. The number of fused-ring (bicyclic) bond motifs is 1. The summed E-state index contributed by atoms with van der Waals surface area (Å²) in [6, 6.07) is 6.45. The van der Waals surface area contributed by atoms with Crippen LogP contribution < -0.4 is 15.1 Å². The van der Waals surface area contributed by atoms with Gasteiger partial charge in [0, 0.05) is 50.0 Å². The number of aliphatic hydroxyl groups is 1. The zero-order valence-corrected chi connectivity index (χ0v) is 23.2. The Labute approximate surface area is 228 Å². The summed E-state index contributed by atoms with van der Waals surface area (Å²) in [5, 5.41) is 10.4. The van der Waals surface area contributed by atoms with Gasteiger partial charge >= 0.3 is 0 Å². The standard InChI is InChI=1S/C27H30FIN2O6/c1-16(35-2)24(15-33)31-13-19(14-32)27(34)21-10-17(25(36-3)12-23(21)31)8-18-9-20(11-22(29)26(18)28)30-4-6-37-7-5-30/h9-14,16,24,33H,4-8,15H2,1-3H3/t16-,24-/m1/s1. The fraction of sp³-hybridized carbons (Fsp3) is 0.407. The van der Waals surface area contributed by atoms with Gasteiger partial charge in [0.2, 0.25) is 0 Å². The molecule has 0 amide bonds. The quantitative estimate of drug-likeness (QED) is 0.288. The van der Waals surface area contributed by atoms with Crippen molar-refractivity contribution in [2.24, 2.45) is 0 Å². The van der Waals surface area contributed by atoms with Crippen molar-refractivity contribution in [3.8, 4) is 5.75 Å². The zero-order chi connectivity index (χ0) is 26.7. The Bertz CT molecular complexity index is 1360. The van der Waals surface area contributed by atoms with Crippen molar-refractivity contribution in [2.45, 2.75) is 25.5 Å². The van der Waals surface area contributed by atoms with E-state index >= 15 is 4.39 Å². The molecule has 0 unspecified atom stereocenters. The van der Waals surface area contributed by atoms with E-state index in [0.29, 0.717) is 45.5 Å². The predicted octanol–water partition coefficient (Wildman–Crippen LogP) is 3.56. The molecule has 2 aromatic carbocycles. The molecule has 0 bridgehead atoms. The minimum Gasteiger partial charge on any atom is -0.496 e. The van der Waals surface area contributed by atoms with E-state index in [0.717, 1.165) is 18.8 Å². The lowest BCUT2D eigenvalue weighted by atomic mass is 9.99. The van der Waals surface area contributed by atoms with Crippen molar-refractivity contribution in [2.75, 3.05) is 52.0 Å². The van der Waals surface area contributed by atoms with Gasteiger partial charge in [0.15, 0.2) is 11.7 Å². The van der Waals surface area contributed by atoms with Crippen molar-refractivity contribution in [3.63, 3.8) is 0 Å². The van der Waals surface area contributed by atoms with Gasteiger partial charge in [-0.05, 0) is 58.8 Å². The number of aromatic nitrogens is 1. The number of nitrogens with zero attached hydrogens (tertiary/aromatic N) is 2. The number of aldehydes is 1. The molecule has 0 radical (unpaired) electrons. The van der Waals surface area contributed by atoms with Crippen LogP contribution in [-0.2, 0) is 15.9 Å². The number of methoxy groups -OCH3 is 2. The number of pyridine rings is 1.